The van der Waals surface area contributed by atoms with Crippen LogP contribution in [0.2, 0.25) is 0 Å². The summed E-state index contributed by atoms with van der Waals surface area (Å²) in [5.74, 6) is -1.71. The highest BCUT2D eigenvalue weighted by atomic mass is 16.6. The summed E-state index contributed by atoms with van der Waals surface area (Å²) in [5.41, 5.74) is -1.72. The van der Waals surface area contributed by atoms with E-state index in [1.54, 1.807) is 0 Å². The second-order valence-corrected chi connectivity index (χ2v) is 2.62. The third-order valence-corrected chi connectivity index (χ3v) is 1.86. The molecule has 0 aromatic carbocycles. The lowest BCUT2D eigenvalue weighted by Crippen LogP contribution is -2.49. The van der Waals surface area contributed by atoms with Crippen molar-refractivity contribution in [1.29, 1.82) is 0 Å². The Morgan fingerprint density at radius 1 is 1.60 bits per heavy atom. The summed E-state index contributed by atoms with van der Waals surface area (Å²) in [6, 6.07) is 0. The van der Waals surface area contributed by atoms with Crippen LogP contribution in [0.5, 0.6) is 0 Å². The summed E-state index contributed by atoms with van der Waals surface area (Å²) in [5, 5.41) is 18.5. The van der Waals surface area contributed by atoms with Crippen molar-refractivity contribution in [3.05, 3.63) is 0 Å². The van der Waals surface area contributed by atoms with Crippen molar-refractivity contribution in [2.75, 3.05) is 6.61 Å². The molecule has 4 heteroatoms. The van der Waals surface area contributed by atoms with Crippen LogP contribution >= 0.6 is 0 Å². The van der Waals surface area contributed by atoms with Crippen LogP contribution in [0.25, 0.3) is 0 Å². The van der Waals surface area contributed by atoms with Crippen LogP contribution in [0, 0.1) is 0 Å². The smallest absolute Gasteiger partial charge is 0.199 e. The number of carbonyl (C=O) groups excluding carboxylic acids is 1. The molecule has 0 aromatic rings. The van der Waals surface area contributed by atoms with Gasteiger partial charge in [-0.15, -0.1) is 0 Å². The number of carbonyl (C=O) groups is 1. The van der Waals surface area contributed by atoms with Crippen LogP contribution in [0.3, 0.4) is 0 Å². The summed E-state index contributed by atoms with van der Waals surface area (Å²) >= 11 is 0. The highest BCUT2D eigenvalue weighted by Crippen LogP contribution is 2.31. The third kappa shape index (κ3) is 0.847. The van der Waals surface area contributed by atoms with Gasteiger partial charge in [-0.3, -0.25) is 4.79 Å². The van der Waals surface area contributed by atoms with E-state index in [9.17, 15) is 15.0 Å². The maximum Gasteiger partial charge on any atom is 0.199 e. The molecule has 1 saturated heterocycles. The van der Waals surface area contributed by atoms with E-state index in [0.717, 1.165) is 0 Å². The topological polar surface area (TPSA) is 66.8 Å². The summed E-state index contributed by atoms with van der Waals surface area (Å²) in [6.45, 7) is 1.48. The van der Waals surface area contributed by atoms with Gasteiger partial charge < -0.3 is 14.9 Å². The molecular weight excluding hydrogens is 136 g/mol. The average Bonchev–Trinajstić information content (AvgIpc) is 2.10. The summed E-state index contributed by atoms with van der Waals surface area (Å²) in [7, 11) is 0. The van der Waals surface area contributed by atoms with Crippen LogP contribution < -0.4 is 0 Å². The van der Waals surface area contributed by atoms with E-state index in [1.807, 2.05) is 0 Å². The predicted molar refractivity (Wildman–Crippen MR) is 32.2 cm³/mol. The first-order chi connectivity index (χ1) is 4.52. The van der Waals surface area contributed by atoms with Crippen molar-refractivity contribution in [3.63, 3.8) is 0 Å². The van der Waals surface area contributed by atoms with Crippen LogP contribution in [0.4, 0.5) is 0 Å². The molecule has 1 fully saturated rings. The van der Waals surface area contributed by atoms with Crippen molar-refractivity contribution in [3.8, 4) is 0 Å². The molecule has 4 nitrogen and oxygen atoms in total. The number of ether oxygens (including phenoxy) is 1. The molecule has 1 heterocycles. The average molecular weight is 146 g/mol. The van der Waals surface area contributed by atoms with Crippen LogP contribution in [-0.2, 0) is 9.53 Å². The minimum atomic E-state index is -1.72. The molecule has 0 aromatic heterocycles. The third-order valence-electron chi connectivity index (χ3n) is 1.86. The normalized spacial score (nSPS) is 47.5. The Morgan fingerprint density at radius 2 is 2.20 bits per heavy atom. The summed E-state index contributed by atoms with van der Waals surface area (Å²) in [4.78, 5) is 10.3. The first-order valence-corrected chi connectivity index (χ1v) is 3.07. The van der Waals surface area contributed by atoms with E-state index in [1.165, 1.54) is 6.92 Å². The van der Waals surface area contributed by atoms with Crippen LogP contribution in [0.1, 0.15) is 13.3 Å². The van der Waals surface area contributed by atoms with E-state index in [0.29, 0.717) is 6.29 Å². The van der Waals surface area contributed by atoms with E-state index in [2.05, 4.69) is 0 Å². The second-order valence-electron chi connectivity index (χ2n) is 2.62. The standard InChI is InChI=1S/C6H10O4/c1-5(8)6(9,4-7)2-3-10-5/h4,8-9H,2-3H2,1H3. The molecule has 0 saturated carbocycles. The molecule has 0 spiro atoms. The minimum absolute atomic E-state index is 0.156. The highest BCUT2D eigenvalue weighted by Gasteiger charge is 2.51. The maximum atomic E-state index is 10.3. The zero-order valence-electron chi connectivity index (χ0n) is 5.70. The molecule has 1 rings (SSSR count). The van der Waals surface area contributed by atoms with Gasteiger partial charge in [-0.1, -0.05) is 0 Å². The Hall–Kier alpha value is -0.450. The van der Waals surface area contributed by atoms with Crippen molar-refractivity contribution in [2.24, 2.45) is 0 Å². The number of hydrogen-bond acceptors (Lipinski definition) is 4. The lowest BCUT2D eigenvalue weighted by Gasteiger charge is -2.27. The first-order valence-electron chi connectivity index (χ1n) is 3.07. The predicted octanol–water partition coefficient (Wildman–Crippen LogP) is -0.955. The van der Waals surface area contributed by atoms with Crippen molar-refractivity contribution in [2.45, 2.75) is 24.7 Å². The summed E-state index contributed by atoms with van der Waals surface area (Å²) < 4.78 is 4.72. The van der Waals surface area contributed by atoms with Crippen LogP contribution in [0.15, 0.2) is 0 Å². The van der Waals surface area contributed by atoms with Gasteiger partial charge in [-0.2, -0.15) is 0 Å². The van der Waals surface area contributed by atoms with Gasteiger partial charge in [0.15, 0.2) is 17.7 Å². The van der Waals surface area contributed by atoms with E-state index in [4.69, 9.17) is 4.74 Å². The van der Waals surface area contributed by atoms with E-state index < -0.39 is 11.4 Å². The lowest BCUT2D eigenvalue weighted by atomic mass is 9.96. The Morgan fingerprint density at radius 3 is 2.40 bits per heavy atom. The van der Waals surface area contributed by atoms with Gasteiger partial charge >= 0.3 is 0 Å². The minimum Gasteiger partial charge on any atom is -0.377 e. The Kier molecular flexibility index (Phi) is 1.54. The Bertz CT molecular complexity index is 154. The lowest BCUT2D eigenvalue weighted by molar-refractivity contribution is -0.230. The monoisotopic (exact) mass is 146 g/mol. The van der Waals surface area contributed by atoms with Gasteiger partial charge in [0.2, 0.25) is 0 Å². The molecule has 0 radical (unpaired) electrons. The van der Waals surface area contributed by atoms with Crippen molar-refractivity contribution in [1.82, 2.24) is 0 Å². The Balaban J connectivity index is 2.85. The fourth-order valence-electron chi connectivity index (χ4n) is 0.931. The SMILES string of the molecule is CC1(O)OCCC1(O)C=O. The number of hydrogen-bond donors (Lipinski definition) is 2. The first kappa shape index (κ1) is 7.65. The molecular formula is C6H10O4. The summed E-state index contributed by atoms with van der Waals surface area (Å²) in [6.07, 6.45) is 0.476. The molecule has 2 atom stereocenters. The zero-order valence-corrected chi connectivity index (χ0v) is 5.70. The van der Waals surface area contributed by atoms with Gasteiger partial charge in [-0.25, -0.2) is 0 Å². The van der Waals surface area contributed by atoms with Gasteiger partial charge in [0.1, 0.15) is 0 Å². The van der Waals surface area contributed by atoms with Gasteiger partial charge in [0.05, 0.1) is 6.61 Å². The number of aliphatic hydroxyl groups is 2. The molecule has 0 aliphatic carbocycles. The van der Waals surface area contributed by atoms with Crippen LogP contribution in [-0.4, -0.2) is 34.5 Å². The van der Waals surface area contributed by atoms with Gasteiger partial charge in [-0.05, 0) is 6.92 Å². The molecule has 58 valence electrons. The maximum absolute atomic E-state index is 10.3. The molecule has 1 aliphatic heterocycles. The van der Waals surface area contributed by atoms with Gasteiger partial charge in [0, 0.05) is 6.42 Å². The van der Waals surface area contributed by atoms with E-state index in [-0.39, 0.29) is 13.0 Å². The number of rotatable bonds is 1. The molecule has 0 amide bonds. The zero-order chi connectivity index (χ0) is 7.83. The molecule has 0 bridgehead atoms. The van der Waals surface area contributed by atoms with Crippen molar-refractivity contribution < 1.29 is 19.7 Å². The Labute approximate surface area is 58.4 Å². The fourth-order valence-corrected chi connectivity index (χ4v) is 0.931. The number of aldehydes is 1. The highest BCUT2D eigenvalue weighted by molar-refractivity contribution is 5.64. The molecule has 2 N–H and O–H groups in total. The molecule has 1 aliphatic rings. The van der Waals surface area contributed by atoms with Crippen molar-refractivity contribution >= 4 is 6.29 Å². The van der Waals surface area contributed by atoms with E-state index >= 15 is 0 Å². The molecule has 10 heavy (non-hydrogen) atoms. The molecule has 2 unspecified atom stereocenters. The fraction of sp³-hybridized carbons (Fsp3) is 0.833. The second kappa shape index (κ2) is 2.02. The van der Waals surface area contributed by atoms with Gasteiger partial charge in [0.25, 0.3) is 0 Å². The largest absolute Gasteiger partial charge is 0.377 e. The quantitative estimate of drug-likeness (QED) is 0.468.